The van der Waals surface area contributed by atoms with E-state index >= 15 is 0 Å². The fourth-order valence-corrected chi connectivity index (χ4v) is 5.28. The largest absolute Gasteiger partial charge is 0.359 e. The molecule has 0 spiro atoms. The van der Waals surface area contributed by atoms with Crippen molar-refractivity contribution in [1.82, 2.24) is 4.98 Å². The van der Waals surface area contributed by atoms with E-state index in [4.69, 9.17) is 0 Å². The number of para-hydroxylation sites is 1. The van der Waals surface area contributed by atoms with Gasteiger partial charge in [0.2, 0.25) is 10.0 Å². The van der Waals surface area contributed by atoms with E-state index in [9.17, 15) is 12.8 Å². The Morgan fingerprint density at radius 1 is 1.21 bits per heavy atom. The van der Waals surface area contributed by atoms with E-state index in [-0.39, 0.29) is 11.2 Å². The van der Waals surface area contributed by atoms with Crippen molar-refractivity contribution in [3.8, 4) is 0 Å². The Balaban J connectivity index is 1.90. The molecule has 1 heterocycles. The first-order valence-corrected chi connectivity index (χ1v) is 11.6. The van der Waals surface area contributed by atoms with Crippen molar-refractivity contribution in [2.75, 3.05) is 11.0 Å². The number of H-pyrrole nitrogens is 1. The van der Waals surface area contributed by atoms with Crippen molar-refractivity contribution in [2.24, 2.45) is 0 Å². The maximum Gasteiger partial charge on any atom is 0.229 e. The zero-order chi connectivity index (χ0) is 19.9. The van der Waals surface area contributed by atoms with Crippen LogP contribution in [0.5, 0.6) is 0 Å². The van der Waals surface area contributed by atoms with Crippen LogP contribution in [0.3, 0.4) is 0 Å². The molecule has 4 nitrogen and oxygen atoms in total. The average molecular weight is 401 g/mol. The van der Waals surface area contributed by atoms with E-state index in [0.29, 0.717) is 5.69 Å². The molecule has 1 aliphatic rings. The van der Waals surface area contributed by atoms with E-state index in [2.05, 4.69) is 16.6 Å². The molecule has 1 atom stereocenters. The molecule has 28 heavy (non-hydrogen) atoms. The van der Waals surface area contributed by atoms with Crippen LogP contribution < -0.4 is 4.72 Å². The van der Waals surface area contributed by atoms with Crippen molar-refractivity contribution >= 4 is 26.6 Å². The van der Waals surface area contributed by atoms with Crippen LogP contribution in [0.25, 0.3) is 10.9 Å². The monoisotopic (exact) mass is 400 g/mol. The second-order valence-corrected chi connectivity index (χ2v) is 9.54. The predicted molar refractivity (Wildman–Crippen MR) is 112 cm³/mol. The molecule has 0 fully saturated rings. The van der Waals surface area contributed by atoms with E-state index in [1.165, 1.54) is 11.1 Å². The van der Waals surface area contributed by atoms with E-state index in [1.54, 1.807) is 18.2 Å². The number of aromatic nitrogens is 1. The van der Waals surface area contributed by atoms with Gasteiger partial charge in [0, 0.05) is 17.0 Å². The Labute approximate surface area is 165 Å². The molecule has 3 aromatic rings. The van der Waals surface area contributed by atoms with Crippen LogP contribution >= 0.6 is 0 Å². The van der Waals surface area contributed by atoms with E-state index < -0.39 is 10.0 Å². The van der Waals surface area contributed by atoms with Gasteiger partial charge >= 0.3 is 0 Å². The predicted octanol–water partition coefficient (Wildman–Crippen LogP) is 5.10. The quantitative estimate of drug-likeness (QED) is 0.605. The lowest BCUT2D eigenvalue weighted by molar-refractivity contribution is 0.452. The smallest absolute Gasteiger partial charge is 0.229 e. The van der Waals surface area contributed by atoms with Gasteiger partial charge in [0.1, 0.15) is 5.82 Å². The highest BCUT2D eigenvalue weighted by Gasteiger charge is 2.41. The Morgan fingerprint density at radius 2 is 2.04 bits per heavy atom. The molecule has 1 unspecified atom stereocenters. The molecule has 6 heteroatoms. The maximum absolute atomic E-state index is 13.8. The summed E-state index contributed by atoms with van der Waals surface area (Å²) in [5.41, 5.74) is 4.60. The highest BCUT2D eigenvalue weighted by molar-refractivity contribution is 7.92. The number of benzene rings is 2. The molecule has 4 rings (SSSR count). The highest BCUT2D eigenvalue weighted by atomic mass is 32.2. The fourth-order valence-electron chi connectivity index (χ4n) is 4.71. The van der Waals surface area contributed by atoms with Crippen LogP contribution in [0.15, 0.2) is 42.6 Å². The summed E-state index contributed by atoms with van der Waals surface area (Å²) >= 11 is 0. The first-order chi connectivity index (χ1) is 13.3. The molecule has 0 bridgehead atoms. The number of aromatic amines is 1. The van der Waals surface area contributed by atoms with Crippen molar-refractivity contribution in [3.63, 3.8) is 0 Å². The van der Waals surface area contributed by atoms with Gasteiger partial charge in [-0.15, -0.1) is 0 Å². The van der Waals surface area contributed by atoms with Gasteiger partial charge in [0.15, 0.2) is 0 Å². The number of halogens is 1. The van der Waals surface area contributed by atoms with Gasteiger partial charge in [0.25, 0.3) is 0 Å². The lowest BCUT2D eigenvalue weighted by Crippen LogP contribution is -2.24. The van der Waals surface area contributed by atoms with E-state index in [1.807, 2.05) is 24.4 Å². The average Bonchev–Trinajstić information content (AvgIpc) is 3.21. The molecular weight excluding hydrogens is 375 g/mol. The molecule has 1 aromatic heterocycles. The van der Waals surface area contributed by atoms with Crippen LogP contribution in [-0.2, 0) is 21.9 Å². The third-order valence-corrected chi connectivity index (χ3v) is 6.48. The molecule has 0 amide bonds. The summed E-state index contributed by atoms with van der Waals surface area (Å²) in [6.45, 7) is 2.18. The first kappa shape index (κ1) is 19.0. The fraction of sp³-hybridized carbons (Fsp3) is 0.364. The summed E-state index contributed by atoms with van der Waals surface area (Å²) in [4.78, 5) is 3.30. The molecule has 0 aliphatic heterocycles. The minimum Gasteiger partial charge on any atom is -0.359 e. The summed E-state index contributed by atoms with van der Waals surface area (Å²) in [5.74, 6) is -0.191. The van der Waals surface area contributed by atoms with Crippen molar-refractivity contribution in [3.05, 3.63) is 65.1 Å². The van der Waals surface area contributed by atoms with Crippen LogP contribution in [0.4, 0.5) is 10.1 Å². The minimum absolute atomic E-state index is 0.180. The summed E-state index contributed by atoms with van der Waals surface area (Å²) in [5, 5.41) is 1.02. The second kappa shape index (κ2) is 6.92. The standard InChI is InChI=1S/C22H25FN2O2S/c1-3-4-11-22(12-10-15-13-16(23)8-9-18(15)22)19-14-24-21-17(19)6-5-7-20(21)25-28(2,26)27/h5-9,13-14,24-25H,3-4,10-12H2,1-2H3. The van der Waals surface area contributed by atoms with Gasteiger partial charge in [-0.25, -0.2) is 12.8 Å². The zero-order valence-electron chi connectivity index (χ0n) is 16.2. The second-order valence-electron chi connectivity index (χ2n) is 7.79. The zero-order valence-corrected chi connectivity index (χ0v) is 17.0. The molecule has 2 N–H and O–H groups in total. The Hall–Kier alpha value is -2.34. The molecule has 0 saturated heterocycles. The molecule has 1 aliphatic carbocycles. The first-order valence-electron chi connectivity index (χ1n) is 9.71. The summed E-state index contributed by atoms with van der Waals surface area (Å²) in [6.07, 6.45) is 8.09. The SMILES string of the molecule is CCCCC1(c2c[nH]c3c(NS(C)(=O)=O)cccc23)CCc2cc(F)ccc21. The van der Waals surface area contributed by atoms with Gasteiger partial charge < -0.3 is 4.98 Å². The number of hydrogen-bond acceptors (Lipinski definition) is 2. The van der Waals surface area contributed by atoms with Gasteiger partial charge in [-0.1, -0.05) is 38.0 Å². The third-order valence-electron chi connectivity index (χ3n) is 5.89. The normalized spacial score (nSPS) is 19.1. The number of nitrogens with one attached hydrogen (secondary N) is 2. The lowest BCUT2D eigenvalue weighted by atomic mass is 9.72. The van der Waals surface area contributed by atoms with Crippen LogP contribution in [-0.4, -0.2) is 19.7 Å². The van der Waals surface area contributed by atoms with Gasteiger partial charge in [0.05, 0.1) is 17.5 Å². The lowest BCUT2D eigenvalue weighted by Gasteiger charge is -2.31. The van der Waals surface area contributed by atoms with Gasteiger partial charge in [-0.3, -0.25) is 4.72 Å². The van der Waals surface area contributed by atoms with Crippen LogP contribution in [0.1, 0.15) is 49.3 Å². The number of anilines is 1. The number of rotatable bonds is 6. The summed E-state index contributed by atoms with van der Waals surface area (Å²) in [7, 11) is -3.37. The molecule has 0 saturated carbocycles. The number of unbranched alkanes of at least 4 members (excludes halogenated alkanes) is 1. The molecular formula is C22H25FN2O2S. The van der Waals surface area contributed by atoms with Gasteiger partial charge in [-0.05, 0) is 54.2 Å². The van der Waals surface area contributed by atoms with Crippen LogP contribution in [0.2, 0.25) is 0 Å². The molecule has 2 aromatic carbocycles. The Kier molecular flexibility index (Phi) is 4.70. The molecule has 148 valence electrons. The number of hydrogen-bond donors (Lipinski definition) is 2. The van der Waals surface area contributed by atoms with Crippen molar-refractivity contribution in [1.29, 1.82) is 0 Å². The number of aryl methyl sites for hydroxylation is 1. The summed E-state index contributed by atoms with van der Waals surface area (Å²) in [6, 6.07) is 10.8. The van der Waals surface area contributed by atoms with Crippen molar-refractivity contribution < 1.29 is 12.8 Å². The maximum atomic E-state index is 13.8. The van der Waals surface area contributed by atoms with Crippen molar-refractivity contribution in [2.45, 2.75) is 44.4 Å². The summed E-state index contributed by atoms with van der Waals surface area (Å²) < 4.78 is 39.9. The van der Waals surface area contributed by atoms with E-state index in [0.717, 1.165) is 54.8 Å². The third kappa shape index (κ3) is 3.20. The number of sulfonamides is 1. The Bertz CT molecular complexity index is 1140. The minimum atomic E-state index is -3.37. The van der Waals surface area contributed by atoms with Crippen LogP contribution in [0, 0.1) is 5.82 Å². The van der Waals surface area contributed by atoms with Gasteiger partial charge in [-0.2, -0.15) is 0 Å². The molecule has 0 radical (unpaired) electrons. The number of fused-ring (bicyclic) bond motifs is 2. The highest BCUT2D eigenvalue weighted by Crippen LogP contribution is 2.50. The Morgan fingerprint density at radius 3 is 2.79 bits per heavy atom. The topological polar surface area (TPSA) is 62.0 Å².